The molecule has 0 aromatic heterocycles. The molecule has 102 valence electrons. The highest BCUT2D eigenvalue weighted by Crippen LogP contribution is 2.22. The van der Waals surface area contributed by atoms with Crippen molar-refractivity contribution in [1.82, 2.24) is 0 Å². The van der Waals surface area contributed by atoms with Gasteiger partial charge in [0, 0.05) is 0 Å². The van der Waals surface area contributed by atoms with Gasteiger partial charge >= 0.3 is 0 Å². The summed E-state index contributed by atoms with van der Waals surface area (Å²) in [6, 6.07) is 10.4. The molecule has 0 unspecified atom stereocenters. The van der Waals surface area contributed by atoms with Gasteiger partial charge in [0.2, 0.25) is 0 Å². The van der Waals surface area contributed by atoms with Crippen molar-refractivity contribution in [1.29, 1.82) is 0 Å². The molecule has 0 radical (unpaired) electrons. The molecule has 0 saturated carbocycles. The summed E-state index contributed by atoms with van der Waals surface area (Å²) < 4.78 is 0. The Hall–Kier alpha value is -1.06. The van der Waals surface area contributed by atoms with Crippen LogP contribution in [0.4, 0.5) is 0 Å². The van der Waals surface area contributed by atoms with Crippen molar-refractivity contribution in [3.05, 3.63) is 67.6 Å². The van der Waals surface area contributed by atoms with Gasteiger partial charge in [-0.05, 0) is 35.4 Å². The molecule has 0 N–H and O–H groups in total. The second-order valence-corrected chi connectivity index (χ2v) is 5.47. The molecule has 2 aromatic rings. The van der Waals surface area contributed by atoms with E-state index in [-0.39, 0.29) is 0 Å². The van der Waals surface area contributed by atoms with E-state index < -0.39 is 0 Å². The number of benzene rings is 2. The molecule has 0 bridgehead atoms. The molecular formula is C14H8Cl4N2. The van der Waals surface area contributed by atoms with Gasteiger partial charge in [-0.25, -0.2) is 0 Å². The fourth-order valence-corrected chi connectivity index (χ4v) is 2.00. The van der Waals surface area contributed by atoms with Gasteiger partial charge in [-0.3, -0.25) is 0 Å². The van der Waals surface area contributed by atoms with Gasteiger partial charge in [0.05, 0.1) is 32.5 Å². The van der Waals surface area contributed by atoms with Crippen molar-refractivity contribution in [3.63, 3.8) is 0 Å². The number of hydrogen-bond acceptors (Lipinski definition) is 2. The Labute approximate surface area is 136 Å². The van der Waals surface area contributed by atoms with Gasteiger partial charge in [0.25, 0.3) is 0 Å². The number of hydrogen-bond donors (Lipinski definition) is 0. The van der Waals surface area contributed by atoms with E-state index in [1.807, 2.05) is 0 Å². The van der Waals surface area contributed by atoms with Crippen LogP contribution in [-0.2, 0) is 0 Å². The average Bonchev–Trinajstić information content (AvgIpc) is 2.42. The van der Waals surface area contributed by atoms with Crippen molar-refractivity contribution < 1.29 is 0 Å². The minimum Gasteiger partial charge on any atom is -0.159 e. The third-order valence-electron chi connectivity index (χ3n) is 2.37. The van der Waals surface area contributed by atoms with Crippen molar-refractivity contribution >= 4 is 58.8 Å². The standard InChI is InChI=1S/C14H8Cl4N2/c15-11-3-1-9(5-13(11)17)7-19-20-8-10-2-4-12(16)14(18)6-10/h1-8H/b19-7+,20-8+. The van der Waals surface area contributed by atoms with Crippen LogP contribution in [0.5, 0.6) is 0 Å². The third kappa shape index (κ3) is 4.22. The van der Waals surface area contributed by atoms with Crippen LogP contribution in [0.3, 0.4) is 0 Å². The largest absolute Gasteiger partial charge is 0.159 e. The van der Waals surface area contributed by atoms with Crippen molar-refractivity contribution in [2.45, 2.75) is 0 Å². The Morgan fingerprint density at radius 2 is 1.00 bits per heavy atom. The average molecular weight is 346 g/mol. The Morgan fingerprint density at radius 1 is 0.600 bits per heavy atom. The van der Waals surface area contributed by atoms with Crippen LogP contribution in [-0.4, -0.2) is 12.4 Å². The monoisotopic (exact) mass is 344 g/mol. The molecule has 0 fully saturated rings. The lowest BCUT2D eigenvalue weighted by molar-refractivity contribution is 1.26. The zero-order valence-corrected chi connectivity index (χ0v) is 13.0. The van der Waals surface area contributed by atoms with E-state index >= 15 is 0 Å². The van der Waals surface area contributed by atoms with Crippen molar-refractivity contribution in [3.8, 4) is 0 Å². The SMILES string of the molecule is Clc1ccc(/C=N/N=C/c2ccc(Cl)c(Cl)c2)cc1Cl. The first-order valence-corrected chi connectivity index (χ1v) is 7.04. The summed E-state index contributed by atoms with van der Waals surface area (Å²) in [4.78, 5) is 0. The fraction of sp³-hybridized carbons (Fsp3) is 0. The normalized spacial score (nSPS) is 11.6. The summed E-state index contributed by atoms with van der Waals surface area (Å²) in [7, 11) is 0. The van der Waals surface area contributed by atoms with E-state index in [1.165, 1.54) is 0 Å². The molecule has 6 heteroatoms. The lowest BCUT2D eigenvalue weighted by atomic mass is 10.2. The van der Waals surface area contributed by atoms with Crippen LogP contribution in [0.15, 0.2) is 46.6 Å². The summed E-state index contributed by atoms with van der Waals surface area (Å²) in [6.45, 7) is 0. The summed E-state index contributed by atoms with van der Waals surface area (Å²) >= 11 is 23.4. The quantitative estimate of drug-likeness (QED) is 0.499. The predicted octanol–water partition coefficient (Wildman–Crippen LogP) is 5.75. The van der Waals surface area contributed by atoms with Crippen molar-refractivity contribution in [2.75, 3.05) is 0 Å². The smallest absolute Gasteiger partial charge is 0.0598 e. The topological polar surface area (TPSA) is 24.7 Å². The zero-order valence-electron chi connectivity index (χ0n) is 10.0. The van der Waals surface area contributed by atoms with Crippen LogP contribution in [0, 0.1) is 0 Å². The molecule has 0 atom stereocenters. The molecule has 2 aromatic carbocycles. The summed E-state index contributed by atoms with van der Waals surface area (Å²) in [6.07, 6.45) is 3.16. The minimum absolute atomic E-state index is 0.476. The molecule has 2 rings (SSSR count). The van der Waals surface area contributed by atoms with Gasteiger partial charge in [0.15, 0.2) is 0 Å². The van der Waals surface area contributed by atoms with Crippen LogP contribution in [0.2, 0.25) is 20.1 Å². The molecule has 0 spiro atoms. The third-order valence-corrected chi connectivity index (χ3v) is 3.85. The van der Waals surface area contributed by atoms with Gasteiger partial charge < -0.3 is 0 Å². The van der Waals surface area contributed by atoms with Gasteiger partial charge in [-0.15, -0.1) is 0 Å². The second kappa shape index (κ2) is 7.09. The Morgan fingerprint density at radius 3 is 1.35 bits per heavy atom. The highest BCUT2D eigenvalue weighted by Gasteiger charge is 1.97. The van der Waals surface area contributed by atoms with E-state index in [9.17, 15) is 0 Å². The summed E-state index contributed by atoms with van der Waals surface area (Å²) in [5.74, 6) is 0. The van der Waals surface area contributed by atoms with Gasteiger partial charge in [-0.1, -0.05) is 58.5 Å². The number of rotatable bonds is 3. The van der Waals surface area contributed by atoms with E-state index in [0.29, 0.717) is 20.1 Å². The lowest BCUT2D eigenvalue weighted by Gasteiger charge is -1.96. The van der Waals surface area contributed by atoms with Crippen molar-refractivity contribution in [2.24, 2.45) is 10.2 Å². The van der Waals surface area contributed by atoms with E-state index in [2.05, 4.69) is 10.2 Å². The molecule has 0 heterocycles. The molecule has 0 saturated heterocycles. The van der Waals surface area contributed by atoms with Crippen LogP contribution in [0.1, 0.15) is 11.1 Å². The fourth-order valence-electron chi connectivity index (χ4n) is 1.39. The summed E-state index contributed by atoms with van der Waals surface area (Å²) in [5, 5.41) is 9.81. The highest BCUT2D eigenvalue weighted by atomic mass is 35.5. The Kier molecular flexibility index (Phi) is 5.44. The first kappa shape index (κ1) is 15.3. The first-order valence-electron chi connectivity index (χ1n) is 5.53. The second-order valence-electron chi connectivity index (χ2n) is 3.84. The van der Waals surface area contributed by atoms with E-state index in [1.54, 1.807) is 48.8 Å². The van der Waals surface area contributed by atoms with E-state index in [4.69, 9.17) is 46.4 Å². The van der Waals surface area contributed by atoms with Crippen LogP contribution >= 0.6 is 46.4 Å². The minimum atomic E-state index is 0.476. The maximum Gasteiger partial charge on any atom is 0.0598 e. The zero-order chi connectivity index (χ0) is 14.5. The van der Waals surface area contributed by atoms with Gasteiger partial charge in [-0.2, -0.15) is 10.2 Å². The highest BCUT2D eigenvalue weighted by molar-refractivity contribution is 6.42. The van der Waals surface area contributed by atoms with E-state index in [0.717, 1.165) is 11.1 Å². The summed E-state index contributed by atoms with van der Waals surface area (Å²) in [5.41, 5.74) is 1.62. The molecule has 20 heavy (non-hydrogen) atoms. The molecular weight excluding hydrogens is 338 g/mol. The first-order chi connectivity index (χ1) is 9.56. The molecule has 0 aliphatic heterocycles. The van der Waals surface area contributed by atoms with Crippen LogP contribution < -0.4 is 0 Å². The Balaban J connectivity index is 2.06. The maximum absolute atomic E-state index is 5.90. The lowest BCUT2D eigenvalue weighted by Crippen LogP contribution is -1.82. The molecule has 2 nitrogen and oxygen atoms in total. The Bertz CT molecular complexity index is 621. The van der Waals surface area contributed by atoms with Crippen LogP contribution in [0.25, 0.3) is 0 Å². The van der Waals surface area contributed by atoms with Gasteiger partial charge in [0.1, 0.15) is 0 Å². The predicted molar refractivity (Wildman–Crippen MR) is 88.1 cm³/mol. The number of nitrogens with zero attached hydrogens (tertiary/aromatic N) is 2. The molecule has 0 aliphatic carbocycles. The molecule has 0 amide bonds. The number of halogens is 4. The molecule has 0 aliphatic rings. The maximum atomic E-state index is 5.90.